The summed E-state index contributed by atoms with van der Waals surface area (Å²) in [4.78, 5) is 0. The minimum absolute atomic E-state index is 0.130. The molecule has 0 aromatic heterocycles. The van der Waals surface area contributed by atoms with Crippen molar-refractivity contribution in [1.82, 2.24) is 5.32 Å². The number of aryl methyl sites for hydroxylation is 1. The zero-order valence-electron chi connectivity index (χ0n) is 9.53. The third-order valence-electron chi connectivity index (χ3n) is 2.21. The fourth-order valence-corrected chi connectivity index (χ4v) is 1.51. The smallest absolute Gasteiger partial charge is 0.0840 e. The Kier molecular flexibility index (Phi) is 4.82. The molecule has 16 heavy (non-hydrogen) atoms. The van der Waals surface area contributed by atoms with Gasteiger partial charge in [0.05, 0.1) is 6.61 Å². The Bertz CT molecular complexity index is 375. The fraction of sp³-hybridized carbons (Fsp3) is 0.333. The van der Waals surface area contributed by atoms with E-state index in [1.54, 1.807) is 6.20 Å². The molecule has 0 radical (unpaired) electrons. The summed E-state index contributed by atoms with van der Waals surface area (Å²) in [7, 11) is 0. The van der Waals surface area contributed by atoms with E-state index in [1.807, 2.05) is 6.92 Å². The standard InChI is InChI=1S/C12H19N3O/c1-9-2-10(5-13)4-11(3-9)6-15-7-12(14)8-16/h2-4,7,15-16H,5-6,8,13-14H2,1H3/b12-7-. The number of hydrogen-bond acceptors (Lipinski definition) is 4. The SMILES string of the molecule is Cc1cc(CN)cc(CN/C=C(\N)CO)c1. The van der Waals surface area contributed by atoms with E-state index < -0.39 is 0 Å². The second kappa shape index (κ2) is 6.15. The molecule has 0 aliphatic rings. The number of nitrogens with one attached hydrogen (secondary N) is 1. The molecule has 0 amide bonds. The van der Waals surface area contributed by atoms with Gasteiger partial charge in [-0.25, -0.2) is 0 Å². The number of aliphatic hydroxyl groups excluding tert-OH is 1. The van der Waals surface area contributed by atoms with Gasteiger partial charge < -0.3 is 21.9 Å². The number of aliphatic hydroxyl groups is 1. The van der Waals surface area contributed by atoms with Crippen LogP contribution in [0.25, 0.3) is 0 Å². The van der Waals surface area contributed by atoms with E-state index in [2.05, 4.69) is 23.5 Å². The summed E-state index contributed by atoms with van der Waals surface area (Å²) in [6.45, 7) is 3.13. The Morgan fingerprint density at radius 2 is 2.06 bits per heavy atom. The molecule has 0 unspecified atom stereocenters. The van der Waals surface area contributed by atoms with Crippen molar-refractivity contribution in [3.05, 3.63) is 46.8 Å². The highest BCUT2D eigenvalue weighted by Crippen LogP contribution is 2.09. The van der Waals surface area contributed by atoms with Crippen molar-refractivity contribution < 1.29 is 5.11 Å². The zero-order chi connectivity index (χ0) is 12.0. The molecule has 88 valence electrons. The van der Waals surface area contributed by atoms with Gasteiger partial charge in [-0.1, -0.05) is 23.8 Å². The van der Waals surface area contributed by atoms with Gasteiger partial charge in [0.15, 0.2) is 0 Å². The highest BCUT2D eigenvalue weighted by molar-refractivity contribution is 5.29. The molecule has 0 atom stereocenters. The lowest BCUT2D eigenvalue weighted by Crippen LogP contribution is -2.12. The van der Waals surface area contributed by atoms with E-state index in [9.17, 15) is 0 Å². The highest BCUT2D eigenvalue weighted by Gasteiger charge is 1.96. The maximum Gasteiger partial charge on any atom is 0.0840 e. The van der Waals surface area contributed by atoms with Crippen LogP contribution < -0.4 is 16.8 Å². The molecule has 1 aromatic rings. The summed E-state index contributed by atoms with van der Waals surface area (Å²) in [6, 6.07) is 6.22. The maximum absolute atomic E-state index is 8.71. The van der Waals surface area contributed by atoms with Crippen LogP contribution in [0.4, 0.5) is 0 Å². The minimum Gasteiger partial charge on any atom is -0.399 e. The monoisotopic (exact) mass is 221 g/mol. The van der Waals surface area contributed by atoms with Gasteiger partial charge in [0.2, 0.25) is 0 Å². The van der Waals surface area contributed by atoms with Crippen LogP contribution in [-0.2, 0) is 13.1 Å². The van der Waals surface area contributed by atoms with E-state index in [4.69, 9.17) is 16.6 Å². The summed E-state index contributed by atoms with van der Waals surface area (Å²) in [5.74, 6) is 0. The Hall–Kier alpha value is -1.52. The average molecular weight is 221 g/mol. The Morgan fingerprint density at radius 3 is 2.69 bits per heavy atom. The van der Waals surface area contributed by atoms with Crippen LogP contribution in [0, 0.1) is 6.92 Å². The van der Waals surface area contributed by atoms with Crippen molar-refractivity contribution in [3.63, 3.8) is 0 Å². The first-order chi connectivity index (χ1) is 7.65. The van der Waals surface area contributed by atoms with E-state index in [0.29, 0.717) is 18.8 Å². The van der Waals surface area contributed by atoms with Gasteiger partial charge in [0, 0.05) is 25.0 Å². The van der Waals surface area contributed by atoms with Gasteiger partial charge in [-0.3, -0.25) is 0 Å². The molecule has 6 N–H and O–H groups in total. The van der Waals surface area contributed by atoms with Crippen molar-refractivity contribution in [1.29, 1.82) is 0 Å². The van der Waals surface area contributed by atoms with Crippen LogP contribution in [-0.4, -0.2) is 11.7 Å². The lowest BCUT2D eigenvalue weighted by molar-refractivity contribution is 0.329. The molecule has 0 aliphatic heterocycles. The summed E-state index contributed by atoms with van der Waals surface area (Å²) in [5, 5.41) is 11.8. The summed E-state index contributed by atoms with van der Waals surface area (Å²) in [6.07, 6.45) is 1.62. The van der Waals surface area contributed by atoms with Gasteiger partial charge in [0.25, 0.3) is 0 Å². The van der Waals surface area contributed by atoms with Crippen LogP contribution in [0.1, 0.15) is 16.7 Å². The first-order valence-electron chi connectivity index (χ1n) is 5.24. The third-order valence-corrected chi connectivity index (χ3v) is 2.21. The van der Waals surface area contributed by atoms with E-state index in [-0.39, 0.29) is 6.61 Å². The van der Waals surface area contributed by atoms with E-state index in [1.165, 1.54) is 5.56 Å². The maximum atomic E-state index is 8.71. The minimum atomic E-state index is -0.130. The number of rotatable bonds is 5. The summed E-state index contributed by atoms with van der Waals surface area (Å²) in [5.41, 5.74) is 14.9. The topological polar surface area (TPSA) is 84.3 Å². The zero-order valence-corrected chi connectivity index (χ0v) is 9.53. The van der Waals surface area contributed by atoms with Crippen LogP contribution in [0.2, 0.25) is 0 Å². The van der Waals surface area contributed by atoms with Crippen molar-refractivity contribution in [2.75, 3.05) is 6.61 Å². The normalized spacial score (nSPS) is 11.6. The van der Waals surface area contributed by atoms with Crippen LogP contribution >= 0.6 is 0 Å². The molecule has 0 spiro atoms. The predicted octanol–water partition coefficient (Wildman–Crippen LogP) is 0.336. The summed E-state index contributed by atoms with van der Waals surface area (Å²) < 4.78 is 0. The predicted molar refractivity (Wildman–Crippen MR) is 65.3 cm³/mol. The second-order valence-electron chi connectivity index (χ2n) is 3.79. The van der Waals surface area contributed by atoms with Crippen molar-refractivity contribution in [2.24, 2.45) is 11.5 Å². The molecule has 1 aromatic carbocycles. The Labute approximate surface area is 96.0 Å². The van der Waals surface area contributed by atoms with E-state index >= 15 is 0 Å². The number of nitrogens with two attached hydrogens (primary N) is 2. The highest BCUT2D eigenvalue weighted by atomic mass is 16.3. The van der Waals surface area contributed by atoms with Gasteiger partial charge in [-0.15, -0.1) is 0 Å². The van der Waals surface area contributed by atoms with Crippen LogP contribution in [0.3, 0.4) is 0 Å². The van der Waals surface area contributed by atoms with Gasteiger partial charge in [-0.05, 0) is 18.1 Å². The first-order valence-corrected chi connectivity index (χ1v) is 5.24. The lowest BCUT2D eigenvalue weighted by atomic mass is 10.1. The van der Waals surface area contributed by atoms with Gasteiger partial charge in [-0.2, -0.15) is 0 Å². The van der Waals surface area contributed by atoms with Gasteiger partial charge >= 0.3 is 0 Å². The van der Waals surface area contributed by atoms with E-state index in [0.717, 1.165) is 11.1 Å². The largest absolute Gasteiger partial charge is 0.399 e. The molecule has 0 saturated heterocycles. The molecule has 0 heterocycles. The van der Waals surface area contributed by atoms with Crippen LogP contribution in [0.5, 0.6) is 0 Å². The molecule has 1 rings (SSSR count). The molecular formula is C12H19N3O. The third kappa shape index (κ3) is 3.92. The summed E-state index contributed by atoms with van der Waals surface area (Å²) >= 11 is 0. The van der Waals surface area contributed by atoms with Gasteiger partial charge in [0.1, 0.15) is 0 Å². The second-order valence-corrected chi connectivity index (χ2v) is 3.79. The van der Waals surface area contributed by atoms with Crippen molar-refractivity contribution >= 4 is 0 Å². The molecule has 0 aliphatic carbocycles. The Morgan fingerprint density at radius 1 is 1.38 bits per heavy atom. The van der Waals surface area contributed by atoms with Crippen molar-refractivity contribution in [3.8, 4) is 0 Å². The molecular weight excluding hydrogens is 202 g/mol. The first kappa shape index (κ1) is 12.5. The fourth-order valence-electron chi connectivity index (χ4n) is 1.51. The lowest BCUT2D eigenvalue weighted by Gasteiger charge is -2.07. The van der Waals surface area contributed by atoms with Crippen molar-refractivity contribution in [2.45, 2.75) is 20.0 Å². The quantitative estimate of drug-likeness (QED) is 0.577. The molecule has 4 heteroatoms. The molecule has 0 fully saturated rings. The number of hydrogen-bond donors (Lipinski definition) is 4. The average Bonchev–Trinajstić information content (AvgIpc) is 2.28. The molecule has 4 nitrogen and oxygen atoms in total. The molecule has 0 bridgehead atoms. The molecule has 0 saturated carbocycles. The Balaban J connectivity index is 2.63. The number of benzene rings is 1. The van der Waals surface area contributed by atoms with Crippen LogP contribution in [0.15, 0.2) is 30.1 Å².